The van der Waals surface area contributed by atoms with Gasteiger partial charge in [-0.05, 0) is 18.9 Å². The lowest BCUT2D eigenvalue weighted by molar-refractivity contribution is 0.0702. The first-order chi connectivity index (χ1) is 7.70. The van der Waals surface area contributed by atoms with Gasteiger partial charge < -0.3 is 14.7 Å². The lowest BCUT2D eigenvalue weighted by Gasteiger charge is -2.32. The topological polar surface area (TPSA) is 49.8 Å². The molecule has 0 amide bonds. The highest BCUT2D eigenvalue weighted by Crippen LogP contribution is 2.26. The molecule has 0 bridgehead atoms. The maximum Gasteiger partial charge on any atom is 0.345 e. The summed E-state index contributed by atoms with van der Waals surface area (Å²) in [6, 6.07) is 1.74. The molecule has 16 heavy (non-hydrogen) atoms. The fourth-order valence-electron chi connectivity index (χ4n) is 1.97. The van der Waals surface area contributed by atoms with Crippen LogP contribution in [-0.4, -0.2) is 37.4 Å². The van der Waals surface area contributed by atoms with Gasteiger partial charge in [0.05, 0.1) is 6.10 Å². The lowest BCUT2D eigenvalue weighted by Crippen LogP contribution is -2.39. The van der Waals surface area contributed by atoms with Gasteiger partial charge in [-0.1, -0.05) is 0 Å². The first-order valence-electron chi connectivity index (χ1n) is 5.30. The van der Waals surface area contributed by atoms with Gasteiger partial charge >= 0.3 is 5.97 Å². The summed E-state index contributed by atoms with van der Waals surface area (Å²) in [5, 5.41) is 10.8. The van der Waals surface area contributed by atoms with Gasteiger partial charge in [0, 0.05) is 31.3 Å². The molecule has 1 aromatic heterocycles. The molecule has 88 valence electrons. The molecule has 1 fully saturated rings. The quantitative estimate of drug-likeness (QED) is 0.880. The van der Waals surface area contributed by atoms with Crippen LogP contribution >= 0.6 is 11.3 Å². The zero-order valence-electron chi connectivity index (χ0n) is 9.18. The van der Waals surface area contributed by atoms with Crippen LogP contribution in [0.3, 0.4) is 0 Å². The van der Waals surface area contributed by atoms with E-state index >= 15 is 0 Å². The van der Waals surface area contributed by atoms with Gasteiger partial charge in [0.15, 0.2) is 0 Å². The lowest BCUT2D eigenvalue weighted by atomic mass is 10.1. The van der Waals surface area contributed by atoms with Crippen molar-refractivity contribution >= 4 is 23.0 Å². The summed E-state index contributed by atoms with van der Waals surface area (Å²) in [5.74, 6) is -0.850. The molecule has 0 aromatic carbocycles. The molecule has 1 N–H and O–H groups in total. The molecule has 1 aliphatic rings. The highest BCUT2D eigenvalue weighted by Gasteiger charge is 2.21. The van der Waals surface area contributed by atoms with Crippen molar-refractivity contribution in [2.45, 2.75) is 18.9 Å². The number of carboxylic acids is 1. The summed E-state index contributed by atoms with van der Waals surface area (Å²) in [5.41, 5.74) is 1.00. The van der Waals surface area contributed by atoms with Crippen LogP contribution in [0.1, 0.15) is 22.5 Å². The van der Waals surface area contributed by atoms with Crippen molar-refractivity contribution in [1.82, 2.24) is 0 Å². The van der Waals surface area contributed by atoms with E-state index in [9.17, 15) is 4.79 Å². The molecule has 0 saturated carbocycles. The highest BCUT2D eigenvalue weighted by molar-refractivity contribution is 7.12. The van der Waals surface area contributed by atoms with Gasteiger partial charge in [-0.25, -0.2) is 4.79 Å². The minimum Gasteiger partial charge on any atom is -0.477 e. The third kappa shape index (κ3) is 2.36. The molecule has 1 aromatic rings. The molecule has 4 nitrogen and oxygen atoms in total. The van der Waals surface area contributed by atoms with Crippen molar-refractivity contribution in [2.24, 2.45) is 0 Å². The van der Waals surface area contributed by atoms with Gasteiger partial charge in [0.25, 0.3) is 0 Å². The number of carboxylic acid groups (broad SMARTS) is 1. The van der Waals surface area contributed by atoms with Gasteiger partial charge in [0.1, 0.15) is 4.88 Å². The summed E-state index contributed by atoms with van der Waals surface area (Å²) in [6.45, 7) is 1.84. The Morgan fingerprint density at radius 2 is 2.50 bits per heavy atom. The number of hydrogen-bond acceptors (Lipinski definition) is 4. The predicted octanol–water partition coefficient (Wildman–Crippen LogP) is 2.06. The third-order valence-corrected chi connectivity index (χ3v) is 3.78. The third-order valence-electron chi connectivity index (χ3n) is 2.87. The Morgan fingerprint density at radius 3 is 3.12 bits per heavy atom. The molecule has 2 rings (SSSR count). The van der Waals surface area contributed by atoms with E-state index in [1.54, 1.807) is 13.2 Å². The van der Waals surface area contributed by atoms with Crippen molar-refractivity contribution < 1.29 is 14.6 Å². The number of nitrogens with zero attached hydrogens (tertiary/aromatic N) is 1. The van der Waals surface area contributed by atoms with E-state index < -0.39 is 5.97 Å². The molecular weight excluding hydrogens is 226 g/mol. The molecule has 2 heterocycles. The Kier molecular flexibility index (Phi) is 3.46. The summed E-state index contributed by atoms with van der Waals surface area (Å²) in [4.78, 5) is 13.4. The van der Waals surface area contributed by atoms with Gasteiger partial charge in [-0.3, -0.25) is 0 Å². The van der Waals surface area contributed by atoms with E-state index in [0.29, 0.717) is 4.88 Å². The van der Waals surface area contributed by atoms with Gasteiger partial charge in [-0.15, -0.1) is 11.3 Å². The number of anilines is 1. The second kappa shape index (κ2) is 4.84. The van der Waals surface area contributed by atoms with Crippen LogP contribution < -0.4 is 4.90 Å². The monoisotopic (exact) mass is 241 g/mol. The second-order valence-corrected chi connectivity index (χ2v) is 4.83. The van der Waals surface area contributed by atoms with Gasteiger partial charge in [0.2, 0.25) is 0 Å². The summed E-state index contributed by atoms with van der Waals surface area (Å²) < 4.78 is 5.34. The van der Waals surface area contributed by atoms with Crippen LogP contribution in [0, 0.1) is 0 Å². The molecule has 1 atom stereocenters. The van der Waals surface area contributed by atoms with Crippen LogP contribution in [0.2, 0.25) is 0 Å². The average molecular weight is 241 g/mol. The van der Waals surface area contributed by atoms with Crippen molar-refractivity contribution in [3.05, 3.63) is 16.3 Å². The highest BCUT2D eigenvalue weighted by atomic mass is 32.1. The van der Waals surface area contributed by atoms with Crippen LogP contribution in [0.25, 0.3) is 0 Å². The first-order valence-corrected chi connectivity index (χ1v) is 6.18. The smallest absolute Gasteiger partial charge is 0.345 e. The van der Waals surface area contributed by atoms with Crippen molar-refractivity contribution in [2.75, 3.05) is 25.1 Å². The number of thiophene rings is 1. The zero-order valence-corrected chi connectivity index (χ0v) is 10.00. The Labute approximate surface area is 98.4 Å². The Bertz CT molecular complexity index is 377. The fraction of sp³-hybridized carbons (Fsp3) is 0.545. The molecular formula is C11H15NO3S. The average Bonchev–Trinajstić information content (AvgIpc) is 2.78. The van der Waals surface area contributed by atoms with Crippen LogP contribution in [0.4, 0.5) is 5.69 Å². The molecule has 1 aliphatic heterocycles. The summed E-state index contributed by atoms with van der Waals surface area (Å²) >= 11 is 1.28. The molecule has 1 unspecified atom stereocenters. The number of piperidine rings is 1. The van der Waals surface area contributed by atoms with E-state index in [1.165, 1.54) is 11.3 Å². The minimum atomic E-state index is -0.850. The zero-order chi connectivity index (χ0) is 11.5. The van der Waals surface area contributed by atoms with Crippen molar-refractivity contribution in [1.29, 1.82) is 0 Å². The Balaban J connectivity index is 2.08. The van der Waals surface area contributed by atoms with Crippen LogP contribution in [0.5, 0.6) is 0 Å². The molecule has 5 heteroatoms. The fourth-order valence-corrected chi connectivity index (χ4v) is 2.72. The number of rotatable bonds is 3. The number of hydrogen-bond donors (Lipinski definition) is 1. The standard InChI is InChI=1S/C11H15NO3S/c1-15-9-3-2-4-12(6-9)8-5-10(11(13)14)16-7-8/h5,7,9H,2-4,6H2,1H3,(H,13,14). The largest absolute Gasteiger partial charge is 0.477 e. The predicted molar refractivity (Wildman–Crippen MR) is 63.5 cm³/mol. The molecule has 0 radical (unpaired) electrons. The van der Waals surface area contributed by atoms with E-state index in [4.69, 9.17) is 9.84 Å². The normalized spacial score (nSPS) is 21.1. The maximum atomic E-state index is 10.8. The van der Waals surface area contributed by atoms with E-state index in [-0.39, 0.29) is 6.10 Å². The number of aromatic carboxylic acids is 1. The Hall–Kier alpha value is -1.07. The number of methoxy groups -OCH3 is 1. The van der Waals surface area contributed by atoms with E-state index in [2.05, 4.69) is 4.90 Å². The van der Waals surface area contributed by atoms with E-state index in [1.807, 2.05) is 5.38 Å². The molecule has 0 spiro atoms. The van der Waals surface area contributed by atoms with Crippen LogP contribution in [0.15, 0.2) is 11.4 Å². The maximum absolute atomic E-state index is 10.8. The molecule has 1 saturated heterocycles. The van der Waals surface area contributed by atoms with Gasteiger partial charge in [-0.2, -0.15) is 0 Å². The summed E-state index contributed by atoms with van der Waals surface area (Å²) in [7, 11) is 1.73. The molecule has 0 aliphatic carbocycles. The van der Waals surface area contributed by atoms with Crippen molar-refractivity contribution in [3.63, 3.8) is 0 Å². The first kappa shape index (κ1) is 11.4. The summed E-state index contributed by atoms with van der Waals surface area (Å²) in [6.07, 6.45) is 2.45. The van der Waals surface area contributed by atoms with Crippen LogP contribution in [-0.2, 0) is 4.74 Å². The minimum absolute atomic E-state index is 0.266. The van der Waals surface area contributed by atoms with E-state index in [0.717, 1.165) is 31.6 Å². The Morgan fingerprint density at radius 1 is 1.69 bits per heavy atom. The number of ether oxygens (including phenoxy) is 1. The van der Waals surface area contributed by atoms with Crippen molar-refractivity contribution in [3.8, 4) is 0 Å². The SMILES string of the molecule is COC1CCCN(c2csc(C(=O)O)c2)C1. The number of carbonyl (C=O) groups is 1. The second-order valence-electron chi connectivity index (χ2n) is 3.92.